The Bertz CT molecular complexity index is 2030. The van der Waals surface area contributed by atoms with Crippen LogP contribution in [0.4, 0.5) is 0 Å². The number of benzene rings is 2. The summed E-state index contributed by atoms with van der Waals surface area (Å²) < 4.78 is 12.1. The van der Waals surface area contributed by atoms with E-state index in [-0.39, 0.29) is 71.1 Å². The summed E-state index contributed by atoms with van der Waals surface area (Å²) in [6.45, 7) is 5.33. The van der Waals surface area contributed by atoms with Crippen LogP contribution in [0.5, 0.6) is 11.5 Å². The van der Waals surface area contributed by atoms with Gasteiger partial charge in [0.2, 0.25) is 41.4 Å². The summed E-state index contributed by atoms with van der Waals surface area (Å²) in [5, 5.41) is 25.0. The molecule has 2 aromatic carbocycles. The highest BCUT2D eigenvalue weighted by Gasteiger charge is 2.36. The van der Waals surface area contributed by atoms with Crippen LogP contribution in [-0.4, -0.2) is 123 Å². The Balaban J connectivity index is 1.91. The van der Waals surface area contributed by atoms with E-state index in [1.807, 2.05) is 6.07 Å². The van der Waals surface area contributed by atoms with Crippen molar-refractivity contribution in [1.29, 1.82) is 5.26 Å². The fourth-order valence-electron chi connectivity index (χ4n) is 7.47. The highest BCUT2D eigenvalue weighted by molar-refractivity contribution is 5.96. The van der Waals surface area contributed by atoms with Crippen molar-refractivity contribution in [2.75, 3.05) is 53.0 Å². The van der Waals surface area contributed by atoms with E-state index in [9.17, 15) is 33.6 Å². The summed E-state index contributed by atoms with van der Waals surface area (Å²) in [4.78, 5) is 95.5. The Hall–Kier alpha value is -6.30. The molecule has 0 saturated heterocycles. The molecule has 1 aliphatic heterocycles. The van der Waals surface area contributed by atoms with Crippen LogP contribution < -0.4 is 58.6 Å². The third-order valence-corrected chi connectivity index (χ3v) is 11.1. The number of nitrogens with two attached hydrogens (primary N) is 3. The third kappa shape index (κ3) is 17.8. The van der Waals surface area contributed by atoms with Gasteiger partial charge in [0.25, 0.3) is 0 Å². The average molecular weight is 934 g/mol. The summed E-state index contributed by atoms with van der Waals surface area (Å²) in [6.07, 6.45) is 7.51. The van der Waals surface area contributed by atoms with Crippen LogP contribution in [0.1, 0.15) is 102 Å². The first-order chi connectivity index (χ1) is 32.2. The minimum atomic E-state index is -1.42. The predicted molar refractivity (Wildman–Crippen MR) is 252 cm³/mol. The highest BCUT2D eigenvalue weighted by atomic mass is 16.5. The van der Waals surface area contributed by atoms with Crippen molar-refractivity contribution < 1.29 is 43.0 Å². The van der Waals surface area contributed by atoms with Crippen LogP contribution in [0.2, 0.25) is 0 Å². The SMILES string of the molecule is CCCCCCCCCC(=O)N[C@H](C)C(=O)NCCC(=O)N[C@@H](CCN)C(=O)N(C)[C@@H]1C(=O)N[C@@H](C)C(=O)N[C@H](C(=O)NCC#N)Cc2ccc(OCCN)c(c2)-c2cc1ccc2OCCN. The Morgan fingerprint density at radius 1 is 0.821 bits per heavy atom. The molecule has 5 atom stereocenters. The maximum Gasteiger partial charge on any atom is 0.248 e. The van der Waals surface area contributed by atoms with Gasteiger partial charge in [0.15, 0.2) is 0 Å². The predicted octanol–water partition coefficient (Wildman–Crippen LogP) is 0.699. The number of likely N-dealkylation sites (N-methyl/N-ethyl adjacent to an activating group) is 1. The lowest BCUT2D eigenvalue weighted by molar-refractivity contribution is -0.143. The van der Waals surface area contributed by atoms with Crippen LogP contribution in [0.25, 0.3) is 11.1 Å². The van der Waals surface area contributed by atoms with Gasteiger partial charge < -0.3 is 63.5 Å². The highest BCUT2D eigenvalue weighted by Crippen LogP contribution is 2.40. The van der Waals surface area contributed by atoms with Crippen molar-refractivity contribution >= 4 is 41.4 Å². The van der Waals surface area contributed by atoms with E-state index >= 15 is 0 Å². The lowest BCUT2D eigenvalue weighted by Crippen LogP contribution is -2.56. The second kappa shape index (κ2) is 29.4. The number of amides is 7. The van der Waals surface area contributed by atoms with Gasteiger partial charge in [-0.15, -0.1) is 0 Å². The van der Waals surface area contributed by atoms with Crippen LogP contribution in [-0.2, 0) is 40.0 Å². The van der Waals surface area contributed by atoms with Crippen LogP contribution in [0.3, 0.4) is 0 Å². The van der Waals surface area contributed by atoms with E-state index in [2.05, 4.69) is 38.8 Å². The number of nitrogens with one attached hydrogen (secondary N) is 6. The smallest absolute Gasteiger partial charge is 0.248 e. The van der Waals surface area contributed by atoms with Gasteiger partial charge in [-0.3, -0.25) is 33.6 Å². The molecule has 0 spiro atoms. The largest absolute Gasteiger partial charge is 0.492 e. The number of ether oxygens (including phenoxy) is 2. The van der Waals surface area contributed by atoms with Gasteiger partial charge in [0, 0.05) is 57.1 Å². The molecular weight excluding hydrogens is 863 g/mol. The number of rotatable bonds is 26. The molecule has 0 saturated carbocycles. The number of hydrogen-bond acceptors (Lipinski definition) is 13. The molecule has 67 heavy (non-hydrogen) atoms. The molecule has 3 rings (SSSR count). The molecule has 20 nitrogen and oxygen atoms in total. The minimum absolute atomic E-state index is 0.0102. The van der Waals surface area contributed by atoms with Gasteiger partial charge in [-0.05, 0) is 68.6 Å². The quantitative estimate of drug-likeness (QED) is 0.0464. The monoisotopic (exact) mass is 934 g/mol. The van der Waals surface area contributed by atoms with Crippen molar-refractivity contribution in [3.05, 3.63) is 47.5 Å². The molecule has 0 unspecified atom stereocenters. The molecule has 12 N–H and O–H groups in total. The molecule has 368 valence electrons. The summed E-state index contributed by atoms with van der Waals surface area (Å²) in [5.41, 5.74) is 19.3. The molecule has 0 aromatic heterocycles. The number of nitrogens with zero attached hydrogens (tertiary/aromatic N) is 2. The maximum atomic E-state index is 14.5. The van der Waals surface area contributed by atoms with Crippen LogP contribution in [0.15, 0.2) is 36.4 Å². The molecule has 0 fully saturated rings. The average Bonchev–Trinajstić information content (AvgIpc) is 3.30. The number of carbonyl (C=O) groups is 7. The summed E-state index contributed by atoms with van der Waals surface area (Å²) in [5.74, 6) is -3.37. The van der Waals surface area contributed by atoms with Crippen molar-refractivity contribution in [3.8, 4) is 28.7 Å². The van der Waals surface area contributed by atoms with Gasteiger partial charge in [0.1, 0.15) is 61.5 Å². The first-order valence-corrected chi connectivity index (χ1v) is 23.2. The summed E-state index contributed by atoms with van der Waals surface area (Å²) >= 11 is 0. The molecule has 1 aliphatic rings. The third-order valence-electron chi connectivity index (χ3n) is 11.1. The fraction of sp³-hybridized carbons (Fsp3) is 0.574. The molecule has 0 aliphatic carbocycles. The van der Waals surface area contributed by atoms with Gasteiger partial charge in [-0.25, -0.2) is 0 Å². The van der Waals surface area contributed by atoms with Gasteiger partial charge >= 0.3 is 0 Å². The first kappa shape index (κ1) is 55.0. The molecule has 0 radical (unpaired) electrons. The van der Waals surface area contributed by atoms with Gasteiger partial charge in [-0.1, -0.05) is 57.6 Å². The molecular formula is C47H71N11O9. The lowest BCUT2D eigenvalue weighted by Gasteiger charge is -2.32. The van der Waals surface area contributed by atoms with Crippen molar-refractivity contribution in [2.24, 2.45) is 17.2 Å². The maximum absolute atomic E-state index is 14.5. The minimum Gasteiger partial charge on any atom is -0.492 e. The Labute approximate surface area is 393 Å². The van der Waals surface area contributed by atoms with Crippen LogP contribution in [0, 0.1) is 11.3 Å². The molecule has 1 heterocycles. The number of fused-ring (bicyclic) bond motifs is 5. The van der Waals surface area contributed by atoms with Crippen LogP contribution >= 0.6 is 0 Å². The zero-order chi connectivity index (χ0) is 49.3. The molecule has 2 aromatic rings. The Morgan fingerprint density at radius 2 is 1.45 bits per heavy atom. The van der Waals surface area contributed by atoms with Crippen molar-refractivity contribution in [1.82, 2.24) is 36.8 Å². The van der Waals surface area contributed by atoms with E-state index in [1.165, 1.54) is 33.2 Å². The second-order valence-electron chi connectivity index (χ2n) is 16.5. The van der Waals surface area contributed by atoms with E-state index in [1.54, 1.807) is 43.3 Å². The van der Waals surface area contributed by atoms with Gasteiger partial charge in [-0.2, -0.15) is 5.26 Å². The normalized spacial score (nSPS) is 16.7. The Morgan fingerprint density at radius 3 is 2.09 bits per heavy atom. The summed E-state index contributed by atoms with van der Waals surface area (Å²) in [6, 6.07) is 6.02. The van der Waals surface area contributed by atoms with E-state index in [0.717, 1.165) is 30.6 Å². The Kier molecular flexibility index (Phi) is 24.1. The summed E-state index contributed by atoms with van der Waals surface area (Å²) in [7, 11) is 1.38. The lowest BCUT2D eigenvalue weighted by atomic mass is 9.93. The molecule has 20 heteroatoms. The van der Waals surface area contributed by atoms with Crippen molar-refractivity contribution in [3.63, 3.8) is 0 Å². The van der Waals surface area contributed by atoms with E-state index in [0.29, 0.717) is 40.2 Å². The number of unbranched alkanes of at least 4 members (excludes halogenated alkanes) is 6. The second-order valence-corrected chi connectivity index (χ2v) is 16.5. The molecule has 4 bridgehead atoms. The molecule has 7 amide bonds. The first-order valence-electron chi connectivity index (χ1n) is 23.2. The number of hydrogen-bond donors (Lipinski definition) is 9. The topological polar surface area (TPSA) is 315 Å². The number of nitriles is 1. The van der Waals surface area contributed by atoms with E-state index < -0.39 is 65.7 Å². The van der Waals surface area contributed by atoms with E-state index in [4.69, 9.17) is 31.9 Å². The van der Waals surface area contributed by atoms with Gasteiger partial charge in [0.05, 0.1) is 6.07 Å². The number of carbonyl (C=O) groups excluding carboxylic acids is 7. The zero-order valence-electron chi connectivity index (χ0n) is 39.4. The van der Waals surface area contributed by atoms with Crippen molar-refractivity contribution in [2.45, 2.75) is 122 Å². The zero-order valence-corrected chi connectivity index (χ0v) is 39.4. The fourth-order valence-corrected chi connectivity index (χ4v) is 7.47. The standard InChI is InChI=1S/C47H71N11O9/c1-5-6-7-8-9-10-11-12-40(59)54-30(2)43(61)52-23-18-41(60)56-36(17-19-48)47(65)58(4)42-33-14-16-39(67-26-22-51)35(29-33)34-27-32(13-15-38(34)66-25-21-50)28-37(45(63)53-24-20-49)57-44(62)31(3)55-46(42)64/h13-16,27,29-31,36-37,42H,5-12,17-19,21-26,28,48,50-51H2,1-4H3,(H,52,61)(H,53,63)(H,54,59)(H,55,64)(H,56,60)(H,57,62)/t30-,31+,36+,37+,42+/m1/s1.